The van der Waals surface area contributed by atoms with E-state index in [0.717, 1.165) is 17.8 Å². The second kappa shape index (κ2) is 7.90. The molecule has 0 bridgehead atoms. The molecule has 0 spiro atoms. The maximum absolute atomic E-state index is 13.1. The predicted octanol–water partition coefficient (Wildman–Crippen LogP) is 5.39. The van der Waals surface area contributed by atoms with Crippen molar-refractivity contribution in [2.24, 2.45) is 7.05 Å². The Bertz CT molecular complexity index is 1510. The molecule has 0 N–H and O–H groups in total. The highest BCUT2D eigenvalue weighted by Gasteiger charge is 2.32. The minimum atomic E-state index is -4.56. The Morgan fingerprint density at radius 2 is 1.74 bits per heavy atom. The van der Waals surface area contributed by atoms with Crippen molar-refractivity contribution >= 4 is 21.0 Å². The van der Waals surface area contributed by atoms with Gasteiger partial charge in [0, 0.05) is 25.0 Å². The van der Waals surface area contributed by atoms with Crippen LogP contribution in [0.15, 0.2) is 53.7 Å². The molecule has 5 rings (SSSR count). The largest absolute Gasteiger partial charge is 0.417 e. The van der Waals surface area contributed by atoms with Gasteiger partial charge >= 0.3 is 6.18 Å². The molecule has 0 unspecified atom stereocenters. The molecule has 0 amide bonds. The number of hydrogen-bond acceptors (Lipinski definition) is 5. The van der Waals surface area contributed by atoms with Crippen LogP contribution in [0.4, 0.5) is 13.2 Å². The Morgan fingerprint density at radius 1 is 1.03 bits per heavy atom. The average molecular weight is 487 g/mol. The first-order chi connectivity index (χ1) is 16.1. The second-order valence-electron chi connectivity index (χ2n) is 8.43. The molecule has 6 nitrogen and oxygen atoms in total. The van der Waals surface area contributed by atoms with Crippen molar-refractivity contribution in [3.63, 3.8) is 0 Å². The number of aromatic nitrogens is 4. The number of hydrogen-bond donors (Lipinski definition) is 0. The van der Waals surface area contributed by atoms with Crippen molar-refractivity contribution in [3.8, 4) is 22.6 Å². The van der Waals surface area contributed by atoms with Crippen LogP contribution >= 0.6 is 0 Å². The molecule has 176 valence electrons. The van der Waals surface area contributed by atoms with Gasteiger partial charge in [-0.3, -0.25) is 4.98 Å². The number of imidazole rings is 1. The smallest absolute Gasteiger partial charge is 0.310 e. The van der Waals surface area contributed by atoms with E-state index in [9.17, 15) is 21.6 Å². The highest BCUT2D eigenvalue weighted by molar-refractivity contribution is 7.91. The van der Waals surface area contributed by atoms with E-state index in [0.29, 0.717) is 11.5 Å². The first kappa shape index (κ1) is 22.5. The molecular weight excluding hydrogens is 465 g/mol. The summed E-state index contributed by atoms with van der Waals surface area (Å²) in [7, 11) is -2.15. The third kappa shape index (κ3) is 3.96. The van der Waals surface area contributed by atoms with Gasteiger partial charge in [-0.05, 0) is 42.0 Å². The predicted molar refractivity (Wildman–Crippen MR) is 122 cm³/mol. The quantitative estimate of drug-likeness (QED) is 0.378. The van der Waals surface area contributed by atoms with Crippen LogP contribution in [-0.2, 0) is 23.1 Å². The summed E-state index contributed by atoms with van der Waals surface area (Å²) < 4.78 is 66.8. The van der Waals surface area contributed by atoms with Gasteiger partial charge in [0.05, 0.1) is 16.2 Å². The number of halogens is 3. The molecule has 1 saturated carbocycles. The zero-order chi connectivity index (χ0) is 24.3. The summed E-state index contributed by atoms with van der Waals surface area (Å²) in [5, 5.41) is 0. The summed E-state index contributed by atoms with van der Waals surface area (Å²) in [4.78, 5) is 12.6. The minimum absolute atomic E-state index is 0.00807. The first-order valence-electron chi connectivity index (χ1n) is 10.8. The Balaban J connectivity index is 1.65. The standard InChI is InChI=1S/C24H21F3N4O2S/c1-3-34(32,33)20-10-17(16-8-6-15(7-9-16)14-4-5-14)12-28-21(20)23-30-19-11-18(24(25,26)27)13-29-22(19)31(23)2/h6-14H,3-5H2,1-2H3. The van der Waals surface area contributed by atoms with Crippen LogP contribution in [0.5, 0.6) is 0 Å². The van der Waals surface area contributed by atoms with E-state index in [1.807, 2.05) is 24.3 Å². The van der Waals surface area contributed by atoms with Gasteiger partial charge in [0.15, 0.2) is 21.3 Å². The number of rotatable bonds is 5. The maximum Gasteiger partial charge on any atom is 0.417 e. The fourth-order valence-corrected chi connectivity index (χ4v) is 5.03. The van der Waals surface area contributed by atoms with Crippen LogP contribution < -0.4 is 0 Å². The van der Waals surface area contributed by atoms with Gasteiger partial charge in [0.25, 0.3) is 0 Å². The second-order valence-corrected chi connectivity index (χ2v) is 10.7. The number of fused-ring (bicyclic) bond motifs is 1. The zero-order valence-corrected chi connectivity index (χ0v) is 19.3. The lowest BCUT2D eigenvalue weighted by Gasteiger charge is -2.11. The molecule has 1 aliphatic carbocycles. The third-order valence-electron chi connectivity index (χ3n) is 6.11. The molecule has 0 aliphatic heterocycles. The van der Waals surface area contributed by atoms with Gasteiger partial charge in [-0.25, -0.2) is 18.4 Å². The van der Waals surface area contributed by atoms with Crippen molar-refractivity contribution in [2.75, 3.05) is 5.75 Å². The molecule has 3 heterocycles. The molecule has 3 aromatic heterocycles. The van der Waals surface area contributed by atoms with E-state index in [1.165, 1.54) is 29.9 Å². The van der Waals surface area contributed by atoms with Gasteiger partial charge in [0.2, 0.25) is 0 Å². The summed E-state index contributed by atoms with van der Waals surface area (Å²) in [5.74, 6) is 0.575. The van der Waals surface area contributed by atoms with Gasteiger partial charge < -0.3 is 4.57 Å². The lowest BCUT2D eigenvalue weighted by Crippen LogP contribution is -2.09. The molecule has 1 fully saturated rings. The molecule has 0 radical (unpaired) electrons. The highest BCUT2D eigenvalue weighted by Crippen LogP contribution is 2.41. The van der Waals surface area contributed by atoms with Gasteiger partial charge in [-0.15, -0.1) is 0 Å². The Hall–Kier alpha value is -3.27. The highest BCUT2D eigenvalue weighted by atomic mass is 32.2. The van der Waals surface area contributed by atoms with E-state index in [1.54, 1.807) is 19.3 Å². The zero-order valence-electron chi connectivity index (χ0n) is 18.5. The molecule has 10 heteroatoms. The van der Waals surface area contributed by atoms with E-state index in [2.05, 4.69) is 15.0 Å². The van der Waals surface area contributed by atoms with Crippen molar-refractivity contribution in [3.05, 3.63) is 59.9 Å². The monoisotopic (exact) mass is 486 g/mol. The lowest BCUT2D eigenvalue weighted by atomic mass is 10.0. The van der Waals surface area contributed by atoms with Crippen LogP contribution in [0.3, 0.4) is 0 Å². The number of nitrogens with zero attached hydrogens (tertiary/aromatic N) is 4. The Kier molecular flexibility index (Phi) is 5.23. The molecule has 0 saturated heterocycles. The summed E-state index contributed by atoms with van der Waals surface area (Å²) in [6, 6.07) is 10.4. The van der Waals surface area contributed by atoms with Gasteiger partial charge in [0.1, 0.15) is 11.2 Å². The van der Waals surface area contributed by atoms with Crippen molar-refractivity contribution in [2.45, 2.75) is 36.8 Å². The average Bonchev–Trinajstić information content (AvgIpc) is 3.62. The fraction of sp³-hybridized carbons (Fsp3) is 0.292. The number of sulfone groups is 1. The Morgan fingerprint density at radius 3 is 2.35 bits per heavy atom. The van der Waals surface area contributed by atoms with Crippen LogP contribution in [0.1, 0.15) is 36.8 Å². The van der Waals surface area contributed by atoms with E-state index in [-0.39, 0.29) is 33.3 Å². The van der Waals surface area contributed by atoms with E-state index >= 15 is 0 Å². The summed E-state index contributed by atoms with van der Waals surface area (Å²) in [5.41, 5.74) is 2.09. The van der Waals surface area contributed by atoms with Crippen molar-refractivity contribution in [1.29, 1.82) is 0 Å². The van der Waals surface area contributed by atoms with Crippen LogP contribution in [0.25, 0.3) is 33.8 Å². The van der Waals surface area contributed by atoms with Crippen LogP contribution in [-0.4, -0.2) is 33.7 Å². The minimum Gasteiger partial charge on any atom is -0.310 e. The normalized spacial score (nSPS) is 14.6. The van der Waals surface area contributed by atoms with Crippen molar-refractivity contribution < 1.29 is 21.6 Å². The van der Waals surface area contributed by atoms with Gasteiger partial charge in [-0.1, -0.05) is 31.2 Å². The molecule has 34 heavy (non-hydrogen) atoms. The topological polar surface area (TPSA) is 77.7 Å². The molecule has 1 aliphatic rings. The summed E-state index contributed by atoms with van der Waals surface area (Å²) in [6.45, 7) is 1.53. The molecule has 1 aromatic carbocycles. The molecular formula is C24H21F3N4O2S. The summed E-state index contributed by atoms with van der Waals surface area (Å²) >= 11 is 0. The third-order valence-corrected chi connectivity index (χ3v) is 7.85. The maximum atomic E-state index is 13.1. The molecule has 0 atom stereocenters. The van der Waals surface area contributed by atoms with E-state index in [4.69, 9.17) is 0 Å². The number of aryl methyl sites for hydroxylation is 1. The van der Waals surface area contributed by atoms with Crippen molar-refractivity contribution in [1.82, 2.24) is 19.5 Å². The SMILES string of the molecule is CCS(=O)(=O)c1cc(-c2ccc(C3CC3)cc2)cnc1-c1nc2cc(C(F)(F)F)cnc2n1C. The van der Waals surface area contributed by atoms with Gasteiger partial charge in [-0.2, -0.15) is 13.2 Å². The van der Waals surface area contributed by atoms with Crippen LogP contribution in [0.2, 0.25) is 0 Å². The lowest BCUT2D eigenvalue weighted by molar-refractivity contribution is -0.137. The van der Waals surface area contributed by atoms with E-state index < -0.39 is 21.6 Å². The fourth-order valence-electron chi connectivity index (χ4n) is 3.97. The number of benzene rings is 1. The Labute approximate surface area is 194 Å². The molecule has 4 aromatic rings. The number of alkyl halides is 3. The van der Waals surface area contributed by atoms with Crippen LogP contribution in [0, 0.1) is 0 Å². The number of pyridine rings is 2. The first-order valence-corrected chi connectivity index (χ1v) is 12.5. The summed E-state index contributed by atoms with van der Waals surface area (Å²) in [6.07, 6.45) is 0.103.